The van der Waals surface area contributed by atoms with Gasteiger partial charge in [-0.2, -0.15) is 0 Å². The Hall–Kier alpha value is 0.650. The summed E-state index contributed by atoms with van der Waals surface area (Å²) in [5.41, 5.74) is 0. The van der Waals surface area contributed by atoms with E-state index in [2.05, 4.69) is 27.5 Å². The summed E-state index contributed by atoms with van der Waals surface area (Å²) in [6, 6.07) is 0. The lowest BCUT2D eigenvalue weighted by Gasteiger charge is -2.20. The maximum absolute atomic E-state index is 5.07. The number of alkyl halides is 1. The fraction of sp³-hybridized carbons (Fsp3) is 1.00. The van der Waals surface area contributed by atoms with Gasteiger partial charge in [-0.05, 0) is 25.9 Å². The van der Waals surface area contributed by atoms with Crippen molar-refractivity contribution in [2.75, 3.05) is 26.8 Å². The summed E-state index contributed by atoms with van der Waals surface area (Å²) in [7, 11) is 1.77. The summed E-state index contributed by atoms with van der Waals surface area (Å²) in [6.07, 6.45) is 2.73. The first-order valence-electron chi connectivity index (χ1n) is 3.71. The molecule has 1 aliphatic heterocycles. The zero-order chi connectivity index (χ0) is 7.40. The third-order valence-electron chi connectivity index (χ3n) is 1.84. The van der Waals surface area contributed by atoms with Crippen molar-refractivity contribution in [1.82, 2.24) is 4.90 Å². The van der Waals surface area contributed by atoms with E-state index < -0.39 is 0 Å². The first-order chi connectivity index (χ1) is 4.84. The van der Waals surface area contributed by atoms with Gasteiger partial charge in [0.25, 0.3) is 0 Å². The number of ether oxygens (including phenoxy) is 1. The summed E-state index contributed by atoms with van der Waals surface area (Å²) < 4.78 is 5.65. The summed E-state index contributed by atoms with van der Waals surface area (Å²) in [4.78, 5) is 2.48. The molecule has 1 atom stereocenters. The first kappa shape index (κ1) is 8.74. The van der Waals surface area contributed by atoms with Crippen LogP contribution in [0, 0.1) is 0 Å². The van der Waals surface area contributed by atoms with Crippen LogP contribution in [-0.2, 0) is 4.74 Å². The number of rotatable bonds is 3. The van der Waals surface area contributed by atoms with E-state index in [4.69, 9.17) is 4.74 Å². The topological polar surface area (TPSA) is 12.5 Å². The molecule has 0 aromatic heterocycles. The number of likely N-dealkylation sites (tertiary alicyclic amines) is 1. The SMILES string of the molecule is COC[C@@H](I)N1CCCC1. The van der Waals surface area contributed by atoms with Crippen molar-refractivity contribution in [1.29, 1.82) is 0 Å². The Balaban J connectivity index is 2.18. The van der Waals surface area contributed by atoms with Crippen molar-refractivity contribution in [2.45, 2.75) is 16.9 Å². The van der Waals surface area contributed by atoms with Crippen LogP contribution in [0.1, 0.15) is 12.8 Å². The van der Waals surface area contributed by atoms with E-state index in [9.17, 15) is 0 Å². The minimum atomic E-state index is 0.588. The van der Waals surface area contributed by atoms with Crippen LogP contribution in [0.5, 0.6) is 0 Å². The zero-order valence-electron chi connectivity index (χ0n) is 6.35. The van der Waals surface area contributed by atoms with Gasteiger partial charge in [-0.3, -0.25) is 4.90 Å². The van der Waals surface area contributed by atoms with Gasteiger partial charge in [0.05, 0.1) is 10.7 Å². The van der Waals surface area contributed by atoms with Gasteiger partial charge in [-0.1, -0.05) is 22.6 Å². The van der Waals surface area contributed by atoms with Crippen molar-refractivity contribution in [2.24, 2.45) is 0 Å². The summed E-state index contributed by atoms with van der Waals surface area (Å²) in [6.45, 7) is 3.38. The van der Waals surface area contributed by atoms with Crippen molar-refractivity contribution in [3.63, 3.8) is 0 Å². The van der Waals surface area contributed by atoms with Crippen molar-refractivity contribution >= 4 is 22.6 Å². The fourth-order valence-electron chi connectivity index (χ4n) is 1.26. The minimum absolute atomic E-state index is 0.588. The van der Waals surface area contributed by atoms with E-state index in [1.165, 1.54) is 25.9 Å². The van der Waals surface area contributed by atoms with Crippen LogP contribution >= 0.6 is 22.6 Å². The van der Waals surface area contributed by atoms with Gasteiger partial charge in [-0.15, -0.1) is 0 Å². The highest BCUT2D eigenvalue weighted by atomic mass is 127. The molecule has 0 saturated carbocycles. The third-order valence-corrected chi connectivity index (χ3v) is 2.99. The van der Waals surface area contributed by atoms with Crippen LogP contribution in [0.3, 0.4) is 0 Å². The Labute approximate surface area is 76.1 Å². The van der Waals surface area contributed by atoms with Gasteiger partial charge in [-0.25, -0.2) is 0 Å². The second-order valence-corrected chi connectivity index (χ2v) is 4.07. The highest BCUT2D eigenvalue weighted by Gasteiger charge is 2.18. The van der Waals surface area contributed by atoms with Gasteiger partial charge in [0.2, 0.25) is 0 Å². The smallest absolute Gasteiger partial charge is 0.0855 e. The summed E-state index contributed by atoms with van der Waals surface area (Å²) in [5.74, 6) is 0. The number of hydrogen-bond donors (Lipinski definition) is 0. The predicted molar refractivity (Wildman–Crippen MR) is 50.5 cm³/mol. The second kappa shape index (κ2) is 4.51. The molecule has 0 amide bonds. The fourth-order valence-corrected chi connectivity index (χ4v) is 2.18. The lowest BCUT2D eigenvalue weighted by Crippen LogP contribution is -2.30. The number of nitrogens with zero attached hydrogens (tertiary/aromatic N) is 1. The van der Waals surface area contributed by atoms with Crippen LogP contribution in [0.2, 0.25) is 0 Å². The lowest BCUT2D eigenvalue weighted by molar-refractivity contribution is 0.153. The summed E-state index contributed by atoms with van der Waals surface area (Å²) >= 11 is 2.44. The molecule has 3 heteroatoms. The molecule has 0 unspecified atom stereocenters. The average Bonchev–Trinajstić information content (AvgIpc) is 2.38. The molecule has 0 bridgehead atoms. The standard InChI is InChI=1S/C7H14INO/c1-10-6-7(8)9-4-2-3-5-9/h7H,2-6H2,1H3/t7-/m0/s1. The Morgan fingerprint density at radius 1 is 1.50 bits per heavy atom. The maximum atomic E-state index is 5.07. The monoisotopic (exact) mass is 255 g/mol. The molecule has 0 aromatic rings. The van der Waals surface area contributed by atoms with Gasteiger partial charge in [0.1, 0.15) is 0 Å². The van der Waals surface area contributed by atoms with Crippen LogP contribution in [-0.4, -0.2) is 35.8 Å². The summed E-state index contributed by atoms with van der Waals surface area (Å²) in [5, 5.41) is 0. The highest BCUT2D eigenvalue weighted by molar-refractivity contribution is 14.1. The van der Waals surface area contributed by atoms with Gasteiger partial charge < -0.3 is 4.74 Å². The van der Waals surface area contributed by atoms with E-state index in [-0.39, 0.29) is 0 Å². The van der Waals surface area contributed by atoms with E-state index >= 15 is 0 Å². The van der Waals surface area contributed by atoms with Gasteiger partial charge in [0, 0.05) is 7.11 Å². The molecule has 1 aliphatic rings. The first-order valence-corrected chi connectivity index (χ1v) is 4.96. The molecule has 0 spiro atoms. The quantitative estimate of drug-likeness (QED) is 0.430. The molecule has 1 rings (SSSR count). The molecule has 0 aliphatic carbocycles. The zero-order valence-corrected chi connectivity index (χ0v) is 8.50. The number of hydrogen-bond acceptors (Lipinski definition) is 2. The Morgan fingerprint density at radius 2 is 2.10 bits per heavy atom. The molecular weight excluding hydrogens is 241 g/mol. The molecule has 0 aromatic carbocycles. The van der Waals surface area contributed by atoms with Gasteiger partial charge in [0.15, 0.2) is 0 Å². The Kier molecular flexibility index (Phi) is 3.95. The maximum Gasteiger partial charge on any atom is 0.0855 e. The molecule has 10 heavy (non-hydrogen) atoms. The highest BCUT2D eigenvalue weighted by Crippen LogP contribution is 2.15. The molecule has 60 valence electrons. The lowest BCUT2D eigenvalue weighted by atomic mass is 10.4. The van der Waals surface area contributed by atoms with Crippen LogP contribution in [0.25, 0.3) is 0 Å². The molecular formula is C7H14INO. The predicted octanol–water partition coefficient (Wildman–Crippen LogP) is 1.49. The van der Waals surface area contributed by atoms with Crippen LogP contribution in [0.15, 0.2) is 0 Å². The number of methoxy groups -OCH3 is 1. The normalized spacial score (nSPS) is 23.4. The minimum Gasteiger partial charge on any atom is -0.382 e. The van der Waals surface area contributed by atoms with Crippen molar-refractivity contribution in [3.05, 3.63) is 0 Å². The second-order valence-electron chi connectivity index (χ2n) is 2.63. The average molecular weight is 255 g/mol. The van der Waals surface area contributed by atoms with E-state index in [1.54, 1.807) is 7.11 Å². The van der Waals surface area contributed by atoms with E-state index in [0.717, 1.165) is 6.61 Å². The largest absolute Gasteiger partial charge is 0.382 e. The Morgan fingerprint density at radius 3 is 2.60 bits per heavy atom. The third kappa shape index (κ3) is 2.36. The molecule has 1 saturated heterocycles. The van der Waals surface area contributed by atoms with E-state index in [0.29, 0.717) is 4.05 Å². The molecule has 1 fully saturated rings. The van der Waals surface area contributed by atoms with Crippen LogP contribution < -0.4 is 0 Å². The molecule has 1 heterocycles. The van der Waals surface area contributed by atoms with Gasteiger partial charge >= 0.3 is 0 Å². The number of halogens is 1. The van der Waals surface area contributed by atoms with Crippen LogP contribution in [0.4, 0.5) is 0 Å². The van der Waals surface area contributed by atoms with E-state index in [1.807, 2.05) is 0 Å². The molecule has 0 N–H and O–H groups in total. The van der Waals surface area contributed by atoms with Crippen molar-refractivity contribution in [3.8, 4) is 0 Å². The molecule has 2 nitrogen and oxygen atoms in total. The molecule has 0 radical (unpaired) electrons. The van der Waals surface area contributed by atoms with Crippen molar-refractivity contribution < 1.29 is 4.74 Å². The Bertz CT molecular complexity index is 93.6.